The predicted octanol–water partition coefficient (Wildman–Crippen LogP) is 1.97. The van der Waals surface area contributed by atoms with Crippen LogP contribution in [-0.2, 0) is 4.74 Å². The second-order valence-corrected chi connectivity index (χ2v) is 5.75. The van der Waals surface area contributed by atoms with Crippen LogP contribution in [0, 0.1) is 5.92 Å². The van der Waals surface area contributed by atoms with Gasteiger partial charge in [0.05, 0.1) is 30.9 Å². The van der Waals surface area contributed by atoms with Gasteiger partial charge in [-0.1, -0.05) is 0 Å². The molecular formula is C16H22N4O. The Morgan fingerprint density at radius 2 is 2.10 bits per heavy atom. The molecule has 5 nitrogen and oxygen atoms in total. The van der Waals surface area contributed by atoms with Gasteiger partial charge in [0, 0.05) is 38.0 Å². The van der Waals surface area contributed by atoms with Gasteiger partial charge in [0.25, 0.3) is 0 Å². The van der Waals surface area contributed by atoms with Gasteiger partial charge in [-0.3, -0.25) is 0 Å². The summed E-state index contributed by atoms with van der Waals surface area (Å²) < 4.78 is 7.52. The number of anilines is 1. The minimum absolute atomic E-state index is 0.0384. The van der Waals surface area contributed by atoms with Gasteiger partial charge in [-0.25, -0.2) is 4.98 Å². The fourth-order valence-corrected chi connectivity index (χ4v) is 2.76. The van der Waals surface area contributed by atoms with Crippen LogP contribution < -0.4 is 10.6 Å². The van der Waals surface area contributed by atoms with E-state index < -0.39 is 0 Å². The van der Waals surface area contributed by atoms with Crippen molar-refractivity contribution in [3.63, 3.8) is 0 Å². The van der Waals surface area contributed by atoms with Crippen molar-refractivity contribution < 1.29 is 4.74 Å². The maximum atomic E-state index is 6.41. The predicted molar refractivity (Wildman–Crippen MR) is 83.7 cm³/mol. The van der Waals surface area contributed by atoms with Crippen LogP contribution in [-0.4, -0.2) is 36.9 Å². The van der Waals surface area contributed by atoms with Crippen LogP contribution in [0.4, 0.5) is 5.69 Å². The summed E-state index contributed by atoms with van der Waals surface area (Å²) in [4.78, 5) is 6.36. The zero-order valence-electron chi connectivity index (χ0n) is 12.6. The number of imidazole rings is 1. The van der Waals surface area contributed by atoms with Gasteiger partial charge in [-0.05, 0) is 30.7 Å². The maximum Gasteiger partial charge on any atom is 0.0994 e. The lowest BCUT2D eigenvalue weighted by molar-refractivity contribution is 0.180. The highest BCUT2D eigenvalue weighted by Crippen LogP contribution is 2.28. The van der Waals surface area contributed by atoms with Crippen LogP contribution in [0.25, 0.3) is 5.69 Å². The zero-order valence-corrected chi connectivity index (χ0v) is 12.6. The molecule has 112 valence electrons. The average Bonchev–Trinajstić information content (AvgIpc) is 3.18. The van der Waals surface area contributed by atoms with Crippen LogP contribution in [0.3, 0.4) is 0 Å². The number of aromatic nitrogens is 2. The highest BCUT2D eigenvalue weighted by molar-refractivity contribution is 5.50. The molecule has 0 bridgehead atoms. The third kappa shape index (κ3) is 2.80. The lowest BCUT2D eigenvalue weighted by Gasteiger charge is -2.20. The van der Waals surface area contributed by atoms with E-state index in [1.54, 1.807) is 0 Å². The van der Waals surface area contributed by atoms with Crippen molar-refractivity contribution in [1.29, 1.82) is 0 Å². The Bertz CT molecular complexity index is 585. The molecule has 1 aromatic heterocycles. The topological polar surface area (TPSA) is 56.3 Å². The summed E-state index contributed by atoms with van der Waals surface area (Å²) >= 11 is 0. The Hall–Kier alpha value is -1.85. The zero-order chi connectivity index (χ0) is 14.8. The highest BCUT2D eigenvalue weighted by atomic mass is 16.5. The van der Waals surface area contributed by atoms with Gasteiger partial charge >= 0.3 is 0 Å². The molecule has 1 aliphatic rings. The maximum absolute atomic E-state index is 6.41. The molecule has 0 aliphatic carbocycles. The van der Waals surface area contributed by atoms with Crippen molar-refractivity contribution in [2.24, 2.45) is 11.7 Å². The first kappa shape index (κ1) is 14.1. The van der Waals surface area contributed by atoms with E-state index in [1.165, 1.54) is 5.69 Å². The lowest BCUT2D eigenvalue weighted by Crippen LogP contribution is -2.24. The highest BCUT2D eigenvalue weighted by Gasteiger charge is 2.26. The van der Waals surface area contributed by atoms with Crippen LogP contribution in [0.15, 0.2) is 36.8 Å². The molecule has 2 heterocycles. The Labute approximate surface area is 125 Å². The van der Waals surface area contributed by atoms with Crippen LogP contribution in [0.1, 0.15) is 18.2 Å². The molecule has 2 atom stereocenters. The first-order valence-corrected chi connectivity index (χ1v) is 7.30. The molecule has 2 N–H and O–H groups in total. The third-order valence-corrected chi connectivity index (χ3v) is 4.13. The van der Waals surface area contributed by atoms with Crippen molar-refractivity contribution >= 4 is 5.69 Å². The molecule has 0 saturated carbocycles. The second-order valence-electron chi connectivity index (χ2n) is 5.75. The van der Waals surface area contributed by atoms with E-state index in [4.69, 9.17) is 10.5 Å². The van der Waals surface area contributed by atoms with Crippen LogP contribution in [0.5, 0.6) is 0 Å². The van der Waals surface area contributed by atoms with Gasteiger partial charge in [0.15, 0.2) is 0 Å². The van der Waals surface area contributed by atoms with Gasteiger partial charge in [-0.15, -0.1) is 0 Å². The normalized spacial score (nSPS) is 19.7. The Morgan fingerprint density at radius 3 is 2.71 bits per heavy atom. The Kier molecular flexibility index (Phi) is 3.94. The summed E-state index contributed by atoms with van der Waals surface area (Å²) in [6.07, 6.45) is 4.71. The van der Waals surface area contributed by atoms with Crippen molar-refractivity contribution in [3.8, 4) is 5.69 Å². The number of nitrogens with zero attached hydrogens (tertiary/aromatic N) is 3. The molecular weight excluding hydrogens is 264 g/mol. The standard InChI is InChI=1S/C16H22N4O/c1-19(2)13-3-5-14(6-4-13)20-11-18-9-15(20)16(17)12-7-8-21-10-12/h3-6,9,11-12,16H,7-8,10,17H2,1-2H3. The Balaban J connectivity index is 1.87. The van der Waals surface area contributed by atoms with Gasteiger partial charge in [0.1, 0.15) is 0 Å². The molecule has 1 fully saturated rings. The molecule has 1 aliphatic heterocycles. The number of hydrogen-bond acceptors (Lipinski definition) is 4. The summed E-state index contributed by atoms with van der Waals surface area (Å²) in [6, 6.07) is 8.35. The monoisotopic (exact) mass is 286 g/mol. The van der Waals surface area contributed by atoms with Crippen LogP contribution >= 0.6 is 0 Å². The van der Waals surface area contributed by atoms with Crippen molar-refractivity contribution in [2.75, 3.05) is 32.2 Å². The van der Waals surface area contributed by atoms with E-state index in [-0.39, 0.29) is 6.04 Å². The summed E-state index contributed by atoms with van der Waals surface area (Å²) in [5.74, 6) is 0.376. The molecule has 1 saturated heterocycles. The number of hydrogen-bond donors (Lipinski definition) is 1. The number of nitrogens with two attached hydrogens (primary N) is 1. The van der Waals surface area contributed by atoms with Crippen molar-refractivity contribution in [3.05, 3.63) is 42.5 Å². The first-order chi connectivity index (χ1) is 10.2. The molecule has 2 aromatic rings. The summed E-state index contributed by atoms with van der Waals surface area (Å²) in [5.41, 5.74) is 9.72. The first-order valence-electron chi connectivity index (χ1n) is 7.30. The van der Waals surface area contributed by atoms with Gasteiger partial charge in [0.2, 0.25) is 0 Å². The van der Waals surface area contributed by atoms with Crippen molar-refractivity contribution in [2.45, 2.75) is 12.5 Å². The molecule has 0 amide bonds. The average molecular weight is 286 g/mol. The second kappa shape index (κ2) is 5.87. The molecule has 2 unspecified atom stereocenters. The molecule has 0 radical (unpaired) electrons. The van der Waals surface area contributed by atoms with E-state index in [0.717, 1.165) is 31.0 Å². The van der Waals surface area contributed by atoms with Crippen molar-refractivity contribution in [1.82, 2.24) is 9.55 Å². The minimum atomic E-state index is -0.0384. The van der Waals surface area contributed by atoms with Gasteiger partial charge in [-0.2, -0.15) is 0 Å². The number of benzene rings is 1. The fourth-order valence-electron chi connectivity index (χ4n) is 2.76. The molecule has 21 heavy (non-hydrogen) atoms. The van der Waals surface area contributed by atoms with E-state index >= 15 is 0 Å². The van der Waals surface area contributed by atoms with Crippen LogP contribution in [0.2, 0.25) is 0 Å². The van der Waals surface area contributed by atoms with E-state index in [1.807, 2.05) is 26.6 Å². The quantitative estimate of drug-likeness (QED) is 0.933. The summed E-state index contributed by atoms with van der Waals surface area (Å²) in [7, 11) is 4.07. The third-order valence-electron chi connectivity index (χ3n) is 4.13. The smallest absolute Gasteiger partial charge is 0.0994 e. The van der Waals surface area contributed by atoms with E-state index in [2.05, 4.69) is 38.7 Å². The molecule has 3 rings (SSSR count). The lowest BCUT2D eigenvalue weighted by atomic mass is 9.97. The minimum Gasteiger partial charge on any atom is -0.381 e. The number of ether oxygens (including phenoxy) is 1. The van der Waals surface area contributed by atoms with E-state index in [9.17, 15) is 0 Å². The summed E-state index contributed by atoms with van der Waals surface area (Å²) in [5, 5.41) is 0. The SMILES string of the molecule is CN(C)c1ccc(-n2cncc2C(N)C2CCOC2)cc1. The largest absolute Gasteiger partial charge is 0.381 e. The van der Waals surface area contributed by atoms with E-state index in [0.29, 0.717) is 5.92 Å². The number of rotatable bonds is 4. The molecule has 5 heteroatoms. The fraction of sp³-hybridized carbons (Fsp3) is 0.438. The van der Waals surface area contributed by atoms with Gasteiger partial charge < -0.3 is 19.9 Å². The Morgan fingerprint density at radius 1 is 1.33 bits per heavy atom. The molecule has 0 spiro atoms. The molecule has 1 aromatic carbocycles. The summed E-state index contributed by atoms with van der Waals surface area (Å²) in [6.45, 7) is 1.55.